The Kier molecular flexibility index (Phi) is 3.73. The summed E-state index contributed by atoms with van der Waals surface area (Å²) >= 11 is 0. The standard InChI is InChI=1S/C19H20N2O3/c1-24-19-14(9-12-6-4-8-15(12)20-19)18(23)21-17-13-7-3-2-5-11(13)10-16(17)22/h2-3,5,7,9,16-17,22H,4,6,8,10H2,1H3,(H,21,23)/t16-,17+/m0/s1. The lowest BCUT2D eigenvalue weighted by atomic mass is 10.1. The Labute approximate surface area is 140 Å². The number of ether oxygens (including phenoxy) is 1. The van der Waals surface area contributed by atoms with Gasteiger partial charge in [0, 0.05) is 12.1 Å². The van der Waals surface area contributed by atoms with Crippen molar-refractivity contribution in [1.82, 2.24) is 10.3 Å². The van der Waals surface area contributed by atoms with Gasteiger partial charge in [-0.15, -0.1) is 0 Å². The number of benzene rings is 1. The van der Waals surface area contributed by atoms with Crippen LogP contribution in [0.15, 0.2) is 30.3 Å². The van der Waals surface area contributed by atoms with Gasteiger partial charge < -0.3 is 15.2 Å². The fraction of sp³-hybridized carbons (Fsp3) is 0.368. The molecule has 2 aliphatic rings. The SMILES string of the molecule is COc1nc2c(cc1C(=O)N[C@@H]1c3ccccc3C[C@@H]1O)CCC2. The van der Waals surface area contributed by atoms with Gasteiger partial charge in [0.2, 0.25) is 5.88 Å². The van der Waals surface area contributed by atoms with Crippen LogP contribution in [0.25, 0.3) is 0 Å². The van der Waals surface area contributed by atoms with Crippen LogP contribution < -0.4 is 10.1 Å². The quantitative estimate of drug-likeness (QED) is 0.905. The Hall–Kier alpha value is -2.40. The van der Waals surface area contributed by atoms with Crippen LogP contribution >= 0.6 is 0 Å². The smallest absolute Gasteiger partial charge is 0.257 e. The number of nitrogens with zero attached hydrogens (tertiary/aromatic N) is 1. The molecule has 0 bridgehead atoms. The van der Waals surface area contributed by atoms with Crippen molar-refractivity contribution in [2.75, 3.05) is 7.11 Å². The number of aliphatic hydroxyl groups is 1. The Morgan fingerprint density at radius 1 is 1.29 bits per heavy atom. The third kappa shape index (κ3) is 2.45. The van der Waals surface area contributed by atoms with Gasteiger partial charge in [-0.25, -0.2) is 4.98 Å². The molecule has 5 heteroatoms. The first-order chi connectivity index (χ1) is 11.7. The molecule has 2 N–H and O–H groups in total. The average molecular weight is 324 g/mol. The number of carbonyl (C=O) groups is 1. The Morgan fingerprint density at radius 2 is 2.12 bits per heavy atom. The van der Waals surface area contributed by atoms with E-state index in [4.69, 9.17) is 4.74 Å². The Bertz CT molecular complexity index is 803. The molecule has 124 valence electrons. The lowest BCUT2D eigenvalue weighted by Gasteiger charge is -2.19. The van der Waals surface area contributed by atoms with Crippen LogP contribution in [0.4, 0.5) is 0 Å². The summed E-state index contributed by atoms with van der Waals surface area (Å²) in [5, 5.41) is 13.3. The predicted molar refractivity (Wildman–Crippen MR) is 89.2 cm³/mol. The highest BCUT2D eigenvalue weighted by molar-refractivity contribution is 5.97. The largest absolute Gasteiger partial charge is 0.480 e. The van der Waals surface area contributed by atoms with Gasteiger partial charge in [-0.1, -0.05) is 24.3 Å². The average Bonchev–Trinajstić information content (AvgIpc) is 3.17. The summed E-state index contributed by atoms with van der Waals surface area (Å²) in [7, 11) is 1.53. The molecule has 1 aromatic carbocycles. The molecular formula is C19H20N2O3. The lowest BCUT2D eigenvalue weighted by Crippen LogP contribution is -2.34. The first-order valence-corrected chi connectivity index (χ1v) is 8.31. The van der Waals surface area contributed by atoms with Gasteiger partial charge in [-0.05, 0) is 42.0 Å². The third-order valence-electron chi connectivity index (χ3n) is 4.94. The molecule has 5 nitrogen and oxygen atoms in total. The number of methoxy groups -OCH3 is 1. The molecular weight excluding hydrogens is 304 g/mol. The van der Waals surface area contributed by atoms with Gasteiger partial charge in [0.1, 0.15) is 5.56 Å². The van der Waals surface area contributed by atoms with Gasteiger partial charge >= 0.3 is 0 Å². The number of pyridine rings is 1. The normalized spacial score (nSPS) is 21.2. The molecule has 2 aliphatic carbocycles. The summed E-state index contributed by atoms with van der Waals surface area (Å²) in [6, 6.07) is 9.30. The van der Waals surface area contributed by atoms with Crippen LogP contribution in [-0.4, -0.2) is 29.2 Å². The molecule has 2 aromatic rings. The monoisotopic (exact) mass is 324 g/mol. The van der Waals surface area contributed by atoms with Crippen molar-refractivity contribution in [2.24, 2.45) is 0 Å². The molecule has 24 heavy (non-hydrogen) atoms. The van der Waals surface area contributed by atoms with Crippen LogP contribution in [0.2, 0.25) is 0 Å². The number of aryl methyl sites for hydroxylation is 2. The van der Waals surface area contributed by atoms with Crippen molar-refractivity contribution in [3.63, 3.8) is 0 Å². The highest BCUT2D eigenvalue weighted by atomic mass is 16.5. The minimum Gasteiger partial charge on any atom is -0.480 e. The van der Waals surface area contributed by atoms with E-state index in [1.807, 2.05) is 30.3 Å². The molecule has 0 spiro atoms. The fourth-order valence-corrected chi connectivity index (χ4v) is 3.74. The first kappa shape index (κ1) is 15.1. The molecule has 0 unspecified atom stereocenters. The summed E-state index contributed by atoms with van der Waals surface area (Å²) in [6.07, 6.45) is 2.88. The topological polar surface area (TPSA) is 71.5 Å². The van der Waals surface area contributed by atoms with Crippen LogP contribution in [0.1, 0.15) is 45.2 Å². The zero-order valence-corrected chi connectivity index (χ0v) is 13.6. The van der Waals surface area contributed by atoms with Crippen LogP contribution in [0.3, 0.4) is 0 Å². The Morgan fingerprint density at radius 3 is 2.96 bits per heavy atom. The Balaban J connectivity index is 1.63. The van der Waals surface area contributed by atoms with Crippen molar-refractivity contribution in [1.29, 1.82) is 0 Å². The number of fused-ring (bicyclic) bond motifs is 2. The molecule has 4 rings (SSSR count). The van der Waals surface area contributed by atoms with Crippen LogP contribution in [0, 0.1) is 0 Å². The minimum absolute atomic E-state index is 0.255. The molecule has 0 fully saturated rings. The molecule has 0 radical (unpaired) electrons. The number of amides is 1. The van der Waals surface area contributed by atoms with Crippen LogP contribution in [-0.2, 0) is 19.3 Å². The number of aliphatic hydroxyl groups excluding tert-OH is 1. The number of hydrogen-bond acceptors (Lipinski definition) is 4. The number of hydrogen-bond donors (Lipinski definition) is 2. The number of nitrogens with one attached hydrogen (secondary N) is 1. The second-order valence-electron chi connectivity index (χ2n) is 6.43. The van der Waals surface area contributed by atoms with Crippen LogP contribution in [0.5, 0.6) is 5.88 Å². The highest BCUT2D eigenvalue weighted by Gasteiger charge is 2.33. The van der Waals surface area contributed by atoms with E-state index in [1.54, 1.807) is 0 Å². The molecule has 1 amide bonds. The van der Waals surface area contributed by atoms with E-state index in [9.17, 15) is 9.90 Å². The van der Waals surface area contributed by atoms with Gasteiger partial charge in [0.15, 0.2) is 0 Å². The summed E-state index contributed by atoms with van der Waals surface area (Å²) in [5.74, 6) is 0.101. The van der Waals surface area contributed by atoms with Gasteiger partial charge in [-0.2, -0.15) is 0 Å². The number of rotatable bonds is 3. The van der Waals surface area contributed by atoms with Gasteiger partial charge in [0.05, 0.1) is 19.3 Å². The highest BCUT2D eigenvalue weighted by Crippen LogP contribution is 2.32. The molecule has 0 aliphatic heterocycles. The number of aromatic nitrogens is 1. The maximum Gasteiger partial charge on any atom is 0.257 e. The molecule has 0 saturated carbocycles. The van der Waals surface area contributed by atoms with Crippen molar-refractivity contribution < 1.29 is 14.6 Å². The van der Waals surface area contributed by atoms with Gasteiger partial charge in [0.25, 0.3) is 5.91 Å². The van der Waals surface area contributed by atoms with E-state index in [1.165, 1.54) is 7.11 Å². The van der Waals surface area contributed by atoms with E-state index >= 15 is 0 Å². The van der Waals surface area contributed by atoms with Crippen molar-refractivity contribution in [3.8, 4) is 5.88 Å². The maximum atomic E-state index is 12.8. The minimum atomic E-state index is -0.611. The first-order valence-electron chi connectivity index (χ1n) is 8.31. The molecule has 2 atom stereocenters. The lowest BCUT2D eigenvalue weighted by molar-refractivity contribution is 0.0854. The van der Waals surface area contributed by atoms with E-state index in [0.717, 1.165) is 41.6 Å². The summed E-state index contributed by atoms with van der Waals surface area (Å²) in [4.78, 5) is 17.3. The maximum absolute atomic E-state index is 12.8. The van der Waals surface area contributed by atoms with E-state index in [2.05, 4.69) is 10.3 Å². The van der Waals surface area contributed by atoms with E-state index < -0.39 is 12.1 Å². The fourth-order valence-electron chi connectivity index (χ4n) is 3.74. The van der Waals surface area contributed by atoms with E-state index in [-0.39, 0.29) is 5.91 Å². The zero-order chi connectivity index (χ0) is 16.7. The van der Waals surface area contributed by atoms with Crippen molar-refractivity contribution >= 4 is 5.91 Å². The molecule has 1 aromatic heterocycles. The second-order valence-corrected chi connectivity index (χ2v) is 6.43. The number of carbonyl (C=O) groups excluding carboxylic acids is 1. The predicted octanol–water partition coefficient (Wildman–Crippen LogP) is 1.97. The summed E-state index contributed by atoms with van der Waals surface area (Å²) < 4.78 is 5.32. The van der Waals surface area contributed by atoms with Crippen molar-refractivity contribution in [3.05, 3.63) is 58.3 Å². The van der Waals surface area contributed by atoms with E-state index in [0.29, 0.717) is 17.9 Å². The summed E-state index contributed by atoms with van der Waals surface area (Å²) in [6.45, 7) is 0. The zero-order valence-electron chi connectivity index (χ0n) is 13.6. The second kappa shape index (κ2) is 5.91. The van der Waals surface area contributed by atoms with Crippen molar-refractivity contribution in [2.45, 2.75) is 37.8 Å². The molecule has 1 heterocycles. The van der Waals surface area contributed by atoms with Gasteiger partial charge in [-0.3, -0.25) is 4.79 Å². The molecule has 0 saturated heterocycles. The third-order valence-corrected chi connectivity index (χ3v) is 4.94. The summed E-state index contributed by atoms with van der Waals surface area (Å²) in [5.41, 5.74) is 4.64.